The topological polar surface area (TPSA) is 152 Å². The molecule has 0 aromatic heterocycles. The van der Waals surface area contributed by atoms with E-state index < -0.39 is 49.4 Å². The van der Waals surface area contributed by atoms with Gasteiger partial charge in [-0.2, -0.15) is 0 Å². The normalized spacial score (nSPS) is 20.1. The van der Waals surface area contributed by atoms with Gasteiger partial charge in [0.2, 0.25) is 23.6 Å². The van der Waals surface area contributed by atoms with Crippen LogP contribution in [-0.4, -0.2) is 121 Å². The Kier molecular flexibility index (Phi) is 8.48. The van der Waals surface area contributed by atoms with Crippen molar-refractivity contribution in [2.24, 2.45) is 0 Å². The number of hydrogen-bond donors (Lipinski definition) is 0. The highest BCUT2D eigenvalue weighted by molar-refractivity contribution is 6.00. The highest BCUT2D eigenvalue weighted by Crippen LogP contribution is 2.18. The van der Waals surface area contributed by atoms with E-state index in [4.69, 9.17) is 0 Å². The quantitative estimate of drug-likeness (QED) is 0.325. The van der Waals surface area contributed by atoms with Crippen LogP contribution in [0, 0.1) is 0 Å². The third kappa shape index (κ3) is 5.91. The van der Waals surface area contributed by atoms with Crippen molar-refractivity contribution in [3.05, 3.63) is 0 Å². The van der Waals surface area contributed by atoms with Gasteiger partial charge in [-0.05, 0) is 13.8 Å². The summed E-state index contributed by atoms with van der Waals surface area (Å²) in [6, 6.07) is -0.741. The molecule has 0 bridgehead atoms. The van der Waals surface area contributed by atoms with Crippen molar-refractivity contribution in [3.63, 3.8) is 0 Å². The number of hydrogen-bond acceptors (Lipinski definition) is 12. The summed E-state index contributed by atoms with van der Waals surface area (Å²) in [6.07, 6.45) is -2.03. The van der Waals surface area contributed by atoms with Gasteiger partial charge in [-0.15, -0.1) is 0 Å². The Morgan fingerprint density at radius 1 is 0.688 bits per heavy atom. The second kappa shape index (κ2) is 10.9. The first kappa shape index (κ1) is 25.0. The molecule has 0 spiro atoms. The number of ether oxygens (including phenoxy) is 4. The summed E-state index contributed by atoms with van der Waals surface area (Å²) >= 11 is 0. The van der Waals surface area contributed by atoms with Crippen LogP contribution in [0.3, 0.4) is 0 Å². The molecule has 178 valence electrons. The van der Waals surface area contributed by atoms with Crippen LogP contribution in [0.2, 0.25) is 0 Å². The summed E-state index contributed by atoms with van der Waals surface area (Å²) < 4.78 is 17.9. The average molecular weight is 458 g/mol. The third-order valence-corrected chi connectivity index (χ3v) is 5.36. The van der Waals surface area contributed by atoms with Gasteiger partial charge in [0, 0.05) is 12.1 Å². The molecule has 0 aliphatic carbocycles. The van der Waals surface area contributed by atoms with E-state index in [2.05, 4.69) is 18.9 Å². The minimum absolute atomic E-state index is 0.114. The maximum Gasteiger partial charge on any atom is 0.509 e. The lowest BCUT2D eigenvalue weighted by Gasteiger charge is -2.43. The molecule has 2 unspecified atom stereocenters. The van der Waals surface area contributed by atoms with Crippen LogP contribution >= 0.6 is 0 Å². The van der Waals surface area contributed by atoms with Gasteiger partial charge in [-0.25, -0.2) is 19.4 Å². The van der Waals surface area contributed by atoms with Crippen LogP contribution in [0.15, 0.2) is 0 Å². The summed E-state index contributed by atoms with van der Waals surface area (Å²) in [4.78, 5) is 76.5. The molecule has 2 saturated heterocycles. The average Bonchev–Trinajstić information content (AvgIpc) is 2.76. The predicted molar refractivity (Wildman–Crippen MR) is 102 cm³/mol. The monoisotopic (exact) mass is 458 g/mol. The number of piperazine rings is 2. The Morgan fingerprint density at radius 2 is 0.969 bits per heavy atom. The Balaban J connectivity index is 1.94. The number of carbonyl (C=O) groups excluding carboxylic acids is 6. The Hall–Kier alpha value is -3.26. The molecule has 0 N–H and O–H groups in total. The van der Waals surface area contributed by atoms with Gasteiger partial charge in [0.15, 0.2) is 13.5 Å². The van der Waals surface area contributed by atoms with E-state index in [1.165, 1.54) is 0 Å². The number of imide groups is 2. The van der Waals surface area contributed by atoms with Crippen molar-refractivity contribution in [3.8, 4) is 0 Å². The SMILES string of the molecule is COC(=O)OCN1C(=O)CN(C(C)C(C)N2CC(=O)N(COC(=O)OC)C(=O)C2)CC1=O. The lowest BCUT2D eigenvalue weighted by atomic mass is 10.1. The molecule has 0 radical (unpaired) electrons. The number of nitrogens with zero attached hydrogens (tertiary/aromatic N) is 4. The van der Waals surface area contributed by atoms with E-state index in [1.807, 2.05) is 0 Å². The molecule has 4 amide bonds. The molecule has 2 aliphatic rings. The van der Waals surface area contributed by atoms with E-state index in [0.717, 1.165) is 24.0 Å². The van der Waals surface area contributed by atoms with Gasteiger partial charge in [-0.3, -0.25) is 29.0 Å². The third-order valence-electron chi connectivity index (χ3n) is 5.36. The fraction of sp³-hybridized carbons (Fsp3) is 0.667. The zero-order valence-corrected chi connectivity index (χ0v) is 18.3. The number of rotatable bonds is 7. The maximum atomic E-state index is 12.4. The van der Waals surface area contributed by atoms with Gasteiger partial charge in [0.1, 0.15) is 0 Å². The smallest absolute Gasteiger partial charge is 0.438 e. The Labute approximate surface area is 183 Å². The molecule has 14 heteroatoms. The van der Waals surface area contributed by atoms with Crippen LogP contribution in [-0.2, 0) is 38.1 Å². The first-order valence-corrected chi connectivity index (χ1v) is 9.65. The molecule has 14 nitrogen and oxygen atoms in total. The zero-order chi connectivity index (χ0) is 24.0. The first-order valence-electron chi connectivity index (χ1n) is 9.65. The summed E-state index contributed by atoms with van der Waals surface area (Å²) in [5.41, 5.74) is 0. The molecule has 2 atom stereocenters. The summed E-state index contributed by atoms with van der Waals surface area (Å²) in [5, 5.41) is 0. The van der Waals surface area contributed by atoms with Gasteiger partial charge in [0.25, 0.3) is 0 Å². The standard InChI is InChI=1S/C18H26N4O10/c1-11(19-5-13(23)21(14(24)6-19)9-31-17(27)29-3)12(2)20-7-15(25)22(16(26)8-20)10-32-18(28)30-4/h11-12H,5-10H2,1-4H3. The van der Waals surface area contributed by atoms with Gasteiger partial charge < -0.3 is 18.9 Å². The van der Waals surface area contributed by atoms with Crippen molar-refractivity contribution in [1.29, 1.82) is 0 Å². The number of carbonyl (C=O) groups is 6. The molecule has 2 fully saturated rings. The second-order valence-electron chi connectivity index (χ2n) is 7.18. The molecular weight excluding hydrogens is 432 g/mol. The molecular formula is C18H26N4O10. The van der Waals surface area contributed by atoms with Gasteiger partial charge in [0.05, 0.1) is 40.4 Å². The highest BCUT2D eigenvalue weighted by atomic mass is 16.7. The predicted octanol–water partition coefficient (Wildman–Crippen LogP) is -1.41. The van der Waals surface area contributed by atoms with Gasteiger partial charge >= 0.3 is 12.3 Å². The number of amides is 4. The van der Waals surface area contributed by atoms with Crippen molar-refractivity contribution < 1.29 is 47.7 Å². The fourth-order valence-electron chi connectivity index (χ4n) is 3.25. The van der Waals surface area contributed by atoms with E-state index in [-0.39, 0.29) is 38.3 Å². The fourth-order valence-corrected chi connectivity index (χ4v) is 3.25. The highest BCUT2D eigenvalue weighted by Gasteiger charge is 2.40. The van der Waals surface area contributed by atoms with Crippen molar-refractivity contribution >= 4 is 35.9 Å². The van der Waals surface area contributed by atoms with Crippen molar-refractivity contribution in [2.45, 2.75) is 25.9 Å². The summed E-state index contributed by atoms with van der Waals surface area (Å²) in [7, 11) is 2.21. The van der Waals surface area contributed by atoms with E-state index >= 15 is 0 Å². The lowest BCUT2D eigenvalue weighted by Crippen LogP contribution is -2.63. The van der Waals surface area contributed by atoms with Crippen LogP contribution in [0.25, 0.3) is 0 Å². The minimum atomic E-state index is -1.01. The van der Waals surface area contributed by atoms with Gasteiger partial charge in [-0.1, -0.05) is 0 Å². The van der Waals surface area contributed by atoms with E-state index in [1.54, 1.807) is 23.6 Å². The molecule has 2 aliphatic heterocycles. The van der Waals surface area contributed by atoms with Crippen LogP contribution in [0.5, 0.6) is 0 Å². The summed E-state index contributed by atoms with van der Waals surface area (Å²) in [5.74, 6) is -2.22. The Morgan fingerprint density at radius 3 is 1.22 bits per heavy atom. The number of methoxy groups -OCH3 is 2. The summed E-state index contributed by atoms with van der Waals surface area (Å²) in [6.45, 7) is 2.00. The first-order chi connectivity index (χ1) is 15.1. The molecule has 2 heterocycles. The maximum absolute atomic E-state index is 12.4. The van der Waals surface area contributed by atoms with E-state index in [9.17, 15) is 28.8 Å². The molecule has 2 rings (SSSR count). The van der Waals surface area contributed by atoms with E-state index in [0.29, 0.717) is 0 Å². The Bertz CT molecular complexity index is 688. The van der Waals surface area contributed by atoms with Crippen molar-refractivity contribution in [1.82, 2.24) is 19.6 Å². The van der Waals surface area contributed by atoms with Crippen LogP contribution in [0.4, 0.5) is 9.59 Å². The molecule has 0 saturated carbocycles. The molecule has 32 heavy (non-hydrogen) atoms. The minimum Gasteiger partial charge on any atom is -0.438 e. The molecule has 0 aromatic carbocycles. The second-order valence-corrected chi connectivity index (χ2v) is 7.18. The van der Waals surface area contributed by atoms with Crippen LogP contribution in [0.1, 0.15) is 13.8 Å². The van der Waals surface area contributed by atoms with Crippen LogP contribution < -0.4 is 0 Å². The zero-order valence-electron chi connectivity index (χ0n) is 18.3. The van der Waals surface area contributed by atoms with Crippen molar-refractivity contribution in [2.75, 3.05) is 53.9 Å². The largest absolute Gasteiger partial charge is 0.509 e. The molecule has 0 aromatic rings. The lowest BCUT2D eigenvalue weighted by molar-refractivity contribution is -0.162.